The average molecular weight is 410 g/mol. The van der Waals surface area contributed by atoms with Crippen molar-refractivity contribution < 1.29 is 12.8 Å². The van der Waals surface area contributed by atoms with Gasteiger partial charge in [0.2, 0.25) is 10.0 Å². The second kappa shape index (κ2) is 7.63. The number of sulfonamides is 1. The summed E-state index contributed by atoms with van der Waals surface area (Å²) < 4.78 is 41.6. The third kappa shape index (κ3) is 3.75. The molecule has 144 valence electrons. The van der Waals surface area contributed by atoms with Gasteiger partial charge in [0.1, 0.15) is 10.7 Å². The number of aromatic nitrogens is 2. The molecule has 0 bridgehead atoms. The summed E-state index contributed by atoms with van der Waals surface area (Å²) in [7, 11) is -3.62. The van der Waals surface area contributed by atoms with E-state index in [4.69, 9.17) is 18.0 Å². The fourth-order valence-electron chi connectivity index (χ4n) is 3.73. The molecule has 1 aliphatic rings. The van der Waals surface area contributed by atoms with Gasteiger partial charge in [0.25, 0.3) is 0 Å². The van der Waals surface area contributed by atoms with E-state index in [1.54, 1.807) is 26.0 Å². The van der Waals surface area contributed by atoms with Gasteiger partial charge in [-0.25, -0.2) is 12.8 Å². The number of nitrogens with one attached hydrogen (secondary N) is 1. The smallest absolute Gasteiger partial charge is 0.246 e. The van der Waals surface area contributed by atoms with Crippen molar-refractivity contribution in [2.75, 3.05) is 13.1 Å². The Hall–Kier alpha value is -1.88. The molecule has 0 radical (unpaired) electrons. The molecule has 3 rings (SSSR count). The van der Waals surface area contributed by atoms with Crippen molar-refractivity contribution in [2.45, 2.75) is 37.5 Å². The van der Waals surface area contributed by atoms with Crippen LogP contribution in [0.5, 0.6) is 0 Å². The van der Waals surface area contributed by atoms with Crippen molar-refractivity contribution in [1.82, 2.24) is 14.5 Å². The van der Waals surface area contributed by atoms with Crippen molar-refractivity contribution in [3.8, 4) is 12.3 Å². The number of terminal acetylenes is 1. The van der Waals surface area contributed by atoms with Crippen LogP contribution >= 0.6 is 11.6 Å². The lowest BCUT2D eigenvalue weighted by molar-refractivity contribution is 0.260. The minimum Gasteiger partial charge on any atom is -0.281 e. The highest BCUT2D eigenvalue weighted by Gasteiger charge is 2.35. The Balaban J connectivity index is 1.77. The fraction of sp³-hybridized carbons (Fsp3) is 0.421. The molecule has 0 aliphatic carbocycles. The topological polar surface area (TPSA) is 66.1 Å². The van der Waals surface area contributed by atoms with E-state index in [9.17, 15) is 12.8 Å². The van der Waals surface area contributed by atoms with Gasteiger partial charge in [0.15, 0.2) is 0 Å². The predicted octanol–water partition coefficient (Wildman–Crippen LogP) is 3.64. The van der Waals surface area contributed by atoms with Crippen LogP contribution in [0, 0.1) is 37.9 Å². The number of H-pyrrole nitrogens is 1. The molecule has 2 heterocycles. The summed E-state index contributed by atoms with van der Waals surface area (Å²) in [6.45, 7) is 4.03. The van der Waals surface area contributed by atoms with Gasteiger partial charge < -0.3 is 0 Å². The summed E-state index contributed by atoms with van der Waals surface area (Å²) in [5, 5.41) is 7.01. The molecule has 1 aromatic carbocycles. The zero-order valence-corrected chi connectivity index (χ0v) is 16.7. The quantitative estimate of drug-likeness (QED) is 0.784. The fourth-order valence-corrected chi connectivity index (χ4v) is 5.69. The predicted molar refractivity (Wildman–Crippen MR) is 103 cm³/mol. The van der Waals surface area contributed by atoms with Gasteiger partial charge >= 0.3 is 0 Å². The van der Waals surface area contributed by atoms with Gasteiger partial charge in [-0.3, -0.25) is 5.10 Å². The maximum absolute atomic E-state index is 14.3. The number of rotatable bonds is 4. The molecule has 1 fully saturated rings. The van der Waals surface area contributed by atoms with E-state index in [0.717, 1.165) is 0 Å². The first-order chi connectivity index (χ1) is 12.8. The van der Waals surface area contributed by atoms with E-state index in [1.807, 2.05) is 0 Å². The molecule has 1 saturated heterocycles. The maximum Gasteiger partial charge on any atom is 0.246 e. The Bertz CT molecular complexity index is 969. The number of aryl methyl sites for hydroxylation is 2. The molecule has 0 amide bonds. The molecule has 27 heavy (non-hydrogen) atoms. The van der Waals surface area contributed by atoms with Crippen molar-refractivity contribution in [2.24, 2.45) is 5.92 Å². The molecule has 1 unspecified atom stereocenters. The van der Waals surface area contributed by atoms with Gasteiger partial charge in [-0.15, -0.1) is 6.42 Å². The van der Waals surface area contributed by atoms with Gasteiger partial charge in [-0.2, -0.15) is 9.40 Å². The summed E-state index contributed by atoms with van der Waals surface area (Å²) in [6, 6.07) is 4.49. The average Bonchev–Trinajstić information content (AvgIpc) is 2.97. The highest BCUT2D eigenvalue weighted by molar-refractivity contribution is 7.89. The largest absolute Gasteiger partial charge is 0.281 e. The SMILES string of the molecule is C#CC(c1ccc(Cl)cc1F)C1CCN(S(=O)(=O)c2c(C)n[nH]c2C)CC1. The Kier molecular flexibility index (Phi) is 5.61. The zero-order valence-electron chi connectivity index (χ0n) is 15.2. The first-order valence-corrected chi connectivity index (χ1v) is 10.5. The molecule has 8 heteroatoms. The first kappa shape index (κ1) is 19.9. The maximum atomic E-state index is 14.3. The van der Waals surface area contributed by atoms with Crippen LogP contribution in [0.2, 0.25) is 5.02 Å². The van der Waals surface area contributed by atoms with E-state index in [1.165, 1.54) is 10.4 Å². The minimum atomic E-state index is -3.62. The summed E-state index contributed by atoms with van der Waals surface area (Å²) in [5.41, 5.74) is 1.42. The second-order valence-corrected chi connectivity index (χ2v) is 9.13. The summed E-state index contributed by atoms with van der Waals surface area (Å²) in [6.07, 6.45) is 6.81. The molecular formula is C19H21ClFN3O2S. The molecule has 2 aromatic rings. The van der Waals surface area contributed by atoms with Crippen molar-refractivity contribution >= 4 is 21.6 Å². The lowest BCUT2D eigenvalue weighted by Gasteiger charge is -2.34. The zero-order chi connectivity index (χ0) is 19.8. The van der Waals surface area contributed by atoms with Crippen LogP contribution in [0.4, 0.5) is 4.39 Å². The minimum absolute atomic E-state index is 0.00340. The first-order valence-electron chi connectivity index (χ1n) is 8.68. The van der Waals surface area contributed by atoms with Crippen LogP contribution in [0.3, 0.4) is 0 Å². The van der Waals surface area contributed by atoms with Gasteiger partial charge in [-0.05, 0) is 44.7 Å². The lowest BCUT2D eigenvalue weighted by atomic mass is 9.81. The van der Waals surface area contributed by atoms with E-state index in [0.29, 0.717) is 47.9 Å². The van der Waals surface area contributed by atoms with Crippen molar-refractivity contribution in [3.05, 3.63) is 46.0 Å². The molecule has 5 nitrogen and oxygen atoms in total. The van der Waals surface area contributed by atoms with Crippen LogP contribution in [-0.4, -0.2) is 36.0 Å². The van der Waals surface area contributed by atoms with Crippen LogP contribution in [0.1, 0.15) is 35.7 Å². The Morgan fingerprint density at radius 1 is 1.37 bits per heavy atom. The van der Waals surface area contributed by atoms with Gasteiger partial charge in [0.05, 0.1) is 17.3 Å². The number of piperidine rings is 1. The summed E-state index contributed by atoms with van der Waals surface area (Å²) in [5.74, 6) is 1.85. The van der Waals surface area contributed by atoms with Crippen molar-refractivity contribution in [1.29, 1.82) is 0 Å². The summed E-state index contributed by atoms with van der Waals surface area (Å²) >= 11 is 5.82. The number of benzene rings is 1. The van der Waals surface area contributed by atoms with Crippen molar-refractivity contribution in [3.63, 3.8) is 0 Å². The number of hydrogen-bond acceptors (Lipinski definition) is 3. The van der Waals surface area contributed by atoms with Crippen LogP contribution in [-0.2, 0) is 10.0 Å². The van der Waals surface area contributed by atoms with Gasteiger partial charge in [0, 0.05) is 23.7 Å². The van der Waals surface area contributed by atoms with E-state index < -0.39 is 21.8 Å². The Labute approximate surface area is 164 Å². The third-order valence-electron chi connectivity index (χ3n) is 5.11. The Morgan fingerprint density at radius 2 is 2.04 bits per heavy atom. The molecule has 1 aromatic heterocycles. The van der Waals surface area contributed by atoms with E-state index in [2.05, 4.69) is 16.1 Å². The highest BCUT2D eigenvalue weighted by atomic mass is 35.5. The third-order valence-corrected chi connectivity index (χ3v) is 7.50. The number of aromatic amines is 1. The second-order valence-electron chi connectivity index (χ2n) is 6.81. The van der Waals surface area contributed by atoms with Crippen LogP contribution in [0.15, 0.2) is 23.1 Å². The molecule has 1 aliphatic heterocycles. The van der Waals surface area contributed by atoms with Crippen LogP contribution in [0.25, 0.3) is 0 Å². The normalized spacial score (nSPS) is 17.6. The molecule has 1 atom stereocenters. The standard InChI is InChI=1S/C19H21ClFN3O2S/c1-4-16(17-6-5-15(20)11-18(17)21)14-7-9-24(10-8-14)27(25,26)19-12(2)22-23-13(19)3/h1,5-6,11,14,16H,7-10H2,2-3H3,(H,22,23). The number of halogens is 2. The van der Waals surface area contributed by atoms with E-state index >= 15 is 0 Å². The van der Waals surface area contributed by atoms with Crippen LogP contribution < -0.4 is 0 Å². The van der Waals surface area contributed by atoms with E-state index in [-0.39, 0.29) is 10.8 Å². The molecule has 0 spiro atoms. The lowest BCUT2D eigenvalue weighted by Crippen LogP contribution is -2.40. The molecular weight excluding hydrogens is 389 g/mol. The monoisotopic (exact) mass is 409 g/mol. The molecule has 1 N–H and O–H groups in total. The number of nitrogens with zero attached hydrogens (tertiary/aromatic N) is 2. The van der Waals surface area contributed by atoms with Gasteiger partial charge in [-0.1, -0.05) is 23.6 Å². The number of hydrogen-bond donors (Lipinski definition) is 1. The summed E-state index contributed by atoms with van der Waals surface area (Å²) in [4.78, 5) is 0.234. The highest BCUT2D eigenvalue weighted by Crippen LogP contribution is 2.36. The molecule has 0 saturated carbocycles. The Morgan fingerprint density at radius 3 is 2.56 bits per heavy atom.